The van der Waals surface area contributed by atoms with Crippen LogP contribution in [0.15, 0.2) is 59.3 Å². The number of nitrogens with one attached hydrogen (secondary N) is 2. The summed E-state index contributed by atoms with van der Waals surface area (Å²) in [6.45, 7) is 3.73. The minimum atomic E-state index is 0.450. The van der Waals surface area contributed by atoms with E-state index in [1.807, 2.05) is 24.4 Å². The highest BCUT2D eigenvalue weighted by atomic mass is 32.1. The van der Waals surface area contributed by atoms with Crippen LogP contribution >= 0.6 is 11.3 Å². The van der Waals surface area contributed by atoms with Crippen LogP contribution in [0, 0.1) is 0 Å². The standard InChI is InChI=1S/C18H22N6S/c1-14(16-5-3-10-25-16)12-21-18(19-2)22-13-15-6-8-20-17(11-15)24-9-4-7-23-24/h3-11,14H,12-13H2,1-2H3,(H2,19,21,22). The molecule has 3 aromatic rings. The molecule has 0 aromatic carbocycles. The van der Waals surface area contributed by atoms with Gasteiger partial charge in [0.1, 0.15) is 0 Å². The summed E-state index contributed by atoms with van der Waals surface area (Å²) in [5, 5.41) is 13.0. The maximum atomic E-state index is 4.35. The molecule has 0 aliphatic heterocycles. The first-order chi connectivity index (χ1) is 12.3. The zero-order valence-corrected chi connectivity index (χ0v) is 15.2. The zero-order valence-electron chi connectivity index (χ0n) is 14.4. The van der Waals surface area contributed by atoms with Gasteiger partial charge < -0.3 is 10.6 Å². The molecule has 0 radical (unpaired) electrons. The van der Waals surface area contributed by atoms with Crippen molar-refractivity contribution in [2.24, 2.45) is 4.99 Å². The van der Waals surface area contributed by atoms with Crippen molar-refractivity contribution < 1.29 is 0 Å². The molecule has 0 fully saturated rings. The Morgan fingerprint density at radius 1 is 1.28 bits per heavy atom. The molecule has 1 atom stereocenters. The van der Waals surface area contributed by atoms with Crippen LogP contribution in [0.25, 0.3) is 5.82 Å². The van der Waals surface area contributed by atoms with Gasteiger partial charge in [-0.15, -0.1) is 11.3 Å². The molecule has 0 aliphatic carbocycles. The Morgan fingerprint density at radius 3 is 2.92 bits per heavy atom. The number of aromatic nitrogens is 3. The number of hydrogen-bond donors (Lipinski definition) is 2. The summed E-state index contributed by atoms with van der Waals surface area (Å²) in [6, 6.07) is 10.1. The van der Waals surface area contributed by atoms with Gasteiger partial charge in [0, 0.05) is 49.5 Å². The third kappa shape index (κ3) is 4.67. The highest BCUT2D eigenvalue weighted by Gasteiger charge is 2.07. The van der Waals surface area contributed by atoms with Crippen LogP contribution in [0.5, 0.6) is 0 Å². The van der Waals surface area contributed by atoms with Crippen molar-refractivity contribution in [2.75, 3.05) is 13.6 Å². The van der Waals surface area contributed by atoms with Crippen molar-refractivity contribution >= 4 is 17.3 Å². The fourth-order valence-corrected chi connectivity index (χ4v) is 3.22. The van der Waals surface area contributed by atoms with E-state index in [9.17, 15) is 0 Å². The molecule has 0 aliphatic rings. The van der Waals surface area contributed by atoms with E-state index in [2.05, 4.69) is 50.1 Å². The molecular formula is C18H22N6S. The maximum Gasteiger partial charge on any atom is 0.191 e. The SMILES string of the molecule is CN=C(NCc1ccnc(-n2cccn2)c1)NCC(C)c1cccs1. The van der Waals surface area contributed by atoms with E-state index in [1.165, 1.54) is 4.88 Å². The molecule has 1 unspecified atom stereocenters. The topological polar surface area (TPSA) is 67.1 Å². The predicted octanol–water partition coefficient (Wildman–Crippen LogP) is 2.80. The van der Waals surface area contributed by atoms with Crippen LogP contribution < -0.4 is 10.6 Å². The molecule has 0 saturated heterocycles. The molecule has 0 saturated carbocycles. The lowest BCUT2D eigenvalue weighted by molar-refractivity contribution is 0.708. The molecule has 25 heavy (non-hydrogen) atoms. The molecule has 130 valence electrons. The Bertz CT molecular complexity index is 795. The first kappa shape index (κ1) is 17.2. The number of pyridine rings is 1. The van der Waals surface area contributed by atoms with Crippen molar-refractivity contribution in [1.29, 1.82) is 0 Å². The summed E-state index contributed by atoms with van der Waals surface area (Å²) in [4.78, 5) is 10.0. The van der Waals surface area contributed by atoms with Gasteiger partial charge in [-0.1, -0.05) is 13.0 Å². The summed E-state index contributed by atoms with van der Waals surface area (Å²) < 4.78 is 1.75. The fourth-order valence-electron chi connectivity index (χ4n) is 2.43. The van der Waals surface area contributed by atoms with Crippen molar-refractivity contribution in [3.05, 3.63) is 64.7 Å². The Kier molecular flexibility index (Phi) is 5.79. The molecule has 3 aromatic heterocycles. The van der Waals surface area contributed by atoms with Gasteiger partial charge in [0.2, 0.25) is 0 Å². The van der Waals surface area contributed by atoms with Crippen molar-refractivity contribution in [3.63, 3.8) is 0 Å². The second-order valence-corrected chi connectivity index (χ2v) is 6.68. The van der Waals surface area contributed by atoms with Gasteiger partial charge in [-0.3, -0.25) is 4.99 Å². The van der Waals surface area contributed by atoms with E-state index in [-0.39, 0.29) is 0 Å². The van der Waals surface area contributed by atoms with Crippen LogP contribution in [0.3, 0.4) is 0 Å². The molecule has 2 N–H and O–H groups in total. The quantitative estimate of drug-likeness (QED) is 0.528. The Hall–Kier alpha value is -2.67. The van der Waals surface area contributed by atoms with Crippen LogP contribution in [-0.4, -0.2) is 34.3 Å². The number of hydrogen-bond acceptors (Lipinski definition) is 4. The molecular weight excluding hydrogens is 332 g/mol. The highest BCUT2D eigenvalue weighted by molar-refractivity contribution is 7.10. The largest absolute Gasteiger partial charge is 0.356 e. The van der Waals surface area contributed by atoms with Gasteiger partial charge in [-0.25, -0.2) is 9.67 Å². The minimum Gasteiger partial charge on any atom is -0.356 e. The van der Waals surface area contributed by atoms with E-state index < -0.39 is 0 Å². The lowest BCUT2D eigenvalue weighted by Gasteiger charge is -2.15. The molecule has 3 rings (SSSR count). The number of guanidine groups is 1. The molecule has 7 heteroatoms. The zero-order chi connectivity index (χ0) is 17.5. The monoisotopic (exact) mass is 354 g/mol. The van der Waals surface area contributed by atoms with Gasteiger partial charge in [-0.2, -0.15) is 5.10 Å². The van der Waals surface area contributed by atoms with E-state index in [0.717, 1.165) is 23.9 Å². The number of rotatable bonds is 6. The smallest absolute Gasteiger partial charge is 0.191 e. The number of aliphatic imine (C=N–C) groups is 1. The van der Waals surface area contributed by atoms with E-state index in [0.29, 0.717) is 12.5 Å². The summed E-state index contributed by atoms with van der Waals surface area (Å²) in [5.74, 6) is 2.05. The Morgan fingerprint density at radius 2 is 2.20 bits per heavy atom. The van der Waals surface area contributed by atoms with Gasteiger partial charge in [-0.05, 0) is 35.2 Å². The average molecular weight is 354 g/mol. The second kappa shape index (κ2) is 8.43. The lowest BCUT2D eigenvalue weighted by atomic mass is 10.1. The average Bonchev–Trinajstić information content (AvgIpc) is 3.35. The van der Waals surface area contributed by atoms with Crippen molar-refractivity contribution in [3.8, 4) is 5.82 Å². The summed E-state index contributed by atoms with van der Waals surface area (Å²) in [5.41, 5.74) is 1.12. The van der Waals surface area contributed by atoms with Gasteiger partial charge in [0.05, 0.1) is 0 Å². The minimum absolute atomic E-state index is 0.450. The van der Waals surface area contributed by atoms with E-state index in [4.69, 9.17) is 0 Å². The summed E-state index contributed by atoms with van der Waals surface area (Å²) in [6.07, 6.45) is 5.42. The van der Waals surface area contributed by atoms with Crippen molar-refractivity contribution in [2.45, 2.75) is 19.4 Å². The molecule has 6 nitrogen and oxygen atoms in total. The normalized spacial score (nSPS) is 12.8. The molecule has 3 heterocycles. The molecule has 0 spiro atoms. The summed E-state index contributed by atoms with van der Waals surface area (Å²) >= 11 is 1.79. The van der Waals surface area contributed by atoms with Crippen LogP contribution in [0.2, 0.25) is 0 Å². The van der Waals surface area contributed by atoms with Gasteiger partial charge >= 0.3 is 0 Å². The van der Waals surface area contributed by atoms with Crippen LogP contribution in [-0.2, 0) is 6.54 Å². The van der Waals surface area contributed by atoms with Crippen LogP contribution in [0.1, 0.15) is 23.3 Å². The third-order valence-electron chi connectivity index (χ3n) is 3.84. The van der Waals surface area contributed by atoms with Gasteiger partial charge in [0.15, 0.2) is 11.8 Å². The molecule has 0 amide bonds. The number of nitrogens with zero attached hydrogens (tertiary/aromatic N) is 4. The number of thiophene rings is 1. The Labute approximate surface area is 151 Å². The van der Waals surface area contributed by atoms with Crippen LogP contribution in [0.4, 0.5) is 0 Å². The summed E-state index contributed by atoms with van der Waals surface area (Å²) in [7, 11) is 1.78. The fraction of sp³-hybridized carbons (Fsp3) is 0.278. The van der Waals surface area contributed by atoms with Gasteiger partial charge in [0.25, 0.3) is 0 Å². The second-order valence-electron chi connectivity index (χ2n) is 5.70. The lowest BCUT2D eigenvalue weighted by Crippen LogP contribution is -2.38. The van der Waals surface area contributed by atoms with E-state index >= 15 is 0 Å². The molecule has 0 bridgehead atoms. The predicted molar refractivity (Wildman–Crippen MR) is 102 cm³/mol. The maximum absolute atomic E-state index is 4.35. The third-order valence-corrected chi connectivity index (χ3v) is 4.94. The Balaban J connectivity index is 1.54. The van der Waals surface area contributed by atoms with Crippen molar-refractivity contribution in [1.82, 2.24) is 25.4 Å². The first-order valence-electron chi connectivity index (χ1n) is 8.19. The first-order valence-corrected chi connectivity index (χ1v) is 9.07. The highest BCUT2D eigenvalue weighted by Crippen LogP contribution is 2.19. The van der Waals surface area contributed by atoms with E-state index in [1.54, 1.807) is 35.5 Å².